The van der Waals surface area contributed by atoms with Gasteiger partial charge >= 0.3 is 57.9 Å². The summed E-state index contributed by atoms with van der Waals surface area (Å²) in [5, 5.41) is 1.80. The molecule has 1 heterocycles. The van der Waals surface area contributed by atoms with Crippen LogP contribution in [-0.2, 0) is 38.4 Å². The molecule has 0 bridgehead atoms. The van der Waals surface area contributed by atoms with Crippen LogP contribution in [0.3, 0.4) is 0 Å². The molecule has 0 unspecified atom stereocenters. The largest absolute Gasteiger partial charge is 0.312 e. The Morgan fingerprint density at radius 1 is 0.404 bits per heavy atom. The van der Waals surface area contributed by atoms with Gasteiger partial charge in [0.25, 0.3) is 0 Å². The van der Waals surface area contributed by atoms with Gasteiger partial charge in [-0.3, -0.25) is 0 Å². The van der Waals surface area contributed by atoms with Crippen LogP contribution >= 0.6 is 46.2 Å². The number of halogens is 2. The summed E-state index contributed by atoms with van der Waals surface area (Å²) in [5.41, 5.74) is 1.30. The van der Waals surface area contributed by atoms with Crippen molar-refractivity contribution in [3.63, 3.8) is 0 Å². The van der Waals surface area contributed by atoms with Gasteiger partial charge < -0.3 is 13.7 Å². The van der Waals surface area contributed by atoms with E-state index in [1.165, 1.54) is 33.7 Å². The first kappa shape index (κ1) is 41.5. The van der Waals surface area contributed by atoms with Crippen molar-refractivity contribution in [1.29, 1.82) is 0 Å². The Kier molecular flexibility index (Phi) is 14.9. The van der Waals surface area contributed by atoms with Crippen molar-refractivity contribution in [2.24, 2.45) is 0 Å². The SMILES string of the molecule is Cc1[nH]cc[c]1[Zr].Cl.Cl.O=P(c1ccccc1)(c1ccccc1)C(P(=O)(c1ccccc1)c1ccccc1)P(=O)(c1ccccc1)c1ccccc1. The van der Waals surface area contributed by atoms with Gasteiger partial charge in [-0.05, 0) is 0 Å². The molecule has 7 rings (SSSR count). The Bertz CT molecular complexity index is 1900. The first-order valence-corrected chi connectivity index (χ1v) is 22.8. The van der Waals surface area contributed by atoms with E-state index in [1.807, 2.05) is 188 Å². The topological polar surface area (TPSA) is 67.0 Å². The van der Waals surface area contributed by atoms with E-state index in [4.69, 9.17) is 0 Å². The first-order valence-electron chi connectivity index (χ1n) is 16.3. The summed E-state index contributed by atoms with van der Waals surface area (Å²) in [6, 6.07) is 57.3. The van der Waals surface area contributed by atoms with E-state index in [2.05, 4.69) is 18.0 Å². The van der Waals surface area contributed by atoms with Crippen LogP contribution in [0.5, 0.6) is 0 Å². The van der Waals surface area contributed by atoms with Gasteiger partial charge in [-0.25, -0.2) is 0 Å². The predicted molar refractivity (Wildman–Crippen MR) is 223 cm³/mol. The monoisotopic (exact) mass is 858 g/mol. The molecule has 0 spiro atoms. The molecule has 52 heavy (non-hydrogen) atoms. The standard InChI is InChI=1S/C37H31O3P3.C5H6N.2ClH.Zr/c38-41(31-19-7-1-8-20-31,32-21-9-2-10-22-32)37(42(39,33-23-11-3-12-24-33)34-25-13-4-14-26-34)43(40,35-27-15-5-16-28-35)36-29-17-6-18-30-36;1-5-3-2-4-6-5;;;/h1-30,37H;2,4,6H,1H3;2*1H;. The van der Waals surface area contributed by atoms with Crippen molar-refractivity contribution in [2.45, 2.75) is 12.1 Å². The number of nitrogens with one attached hydrogen (secondary N) is 1. The molecule has 6 aromatic carbocycles. The third kappa shape index (κ3) is 8.28. The maximum absolute atomic E-state index is 16.6. The summed E-state index contributed by atoms with van der Waals surface area (Å²) < 4.78 is 51.1. The minimum absolute atomic E-state index is 0. The normalized spacial score (nSPS) is 11.3. The smallest absolute Gasteiger partial charge is 0.161 e. The minimum atomic E-state index is -3.97. The molecule has 0 saturated heterocycles. The fourth-order valence-corrected chi connectivity index (χ4v) is 23.1. The molecule has 0 radical (unpaired) electrons. The molecule has 10 heteroatoms. The Hall–Kier alpha value is -3.25. The zero-order chi connectivity index (χ0) is 35.0. The number of H-pyrrole nitrogens is 1. The second kappa shape index (κ2) is 18.7. The van der Waals surface area contributed by atoms with Crippen LogP contribution in [0.15, 0.2) is 194 Å². The molecule has 0 fully saturated rings. The molecule has 7 aromatic rings. The van der Waals surface area contributed by atoms with Gasteiger partial charge in [0.05, 0.1) is 0 Å². The number of benzene rings is 6. The first-order chi connectivity index (χ1) is 24.3. The van der Waals surface area contributed by atoms with Gasteiger partial charge in [0.2, 0.25) is 0 Å². The Balaban J connectivity index is 0.000000604. The molecule has 0 aliphatic rings. The number of hydrogen-bond acceptors (Lipinski definition) is 3. The third-order valence-electron chi connectivity index (χ3n) is 8.77. The zero-order valence-electron chi connectivity index (χ0n) is 28.4. The van der Waals surface area contributed by atoms with E-state index in [1.54, 1.807) is 0 Å². The van der Waals surface area contributed by atoms with E-state index in [0.29, 0.717) is 31.8 Å². The summed E-state index contributed by atoms with van der Waals surface area (Å²) >= 11 is 1.49. The molecular weight excluding hydrogens is 822 g/mol. The Morgan fingerprint density at radius 3 is 0.750 bits per heavy atom. The average molecular weight is 861 g/mol. The molecule has 0 atom stereocenters. The number of aromatic amines is 1. The summed E-state index contributed by atoms with van der Waals surface area (Å²) in [6.07, 6.45) is 1.97. The quantitative estimate of drug-likeness (QED) is 0.148. The van der Waals surface area contributed by atoms with Gasteiger partial charge in [0.1, 0.15) is 5.14 Å². The fourth-order valence-electron chi connectivity index (χ4n) is 6.28. The molecule has 4 nitrogen and oxygen atoms in total. The molecule has 0 aliphatic carbocycles. The van der Waals surface area contributed by atoms with E-state index in [-0.39, 0.29) is 24.8 Å². The second-order valence-electron chi connectivity index (χ2n) is 11.9. The van der Waals surface area contributed by atoms with Gasteiger partial charge in [-0.15, -0.1) is 24.8 Å². The molecule has 263 valence electrons. The summed E-state index contributed by atoms with van der Waals surface area (Å²) in [5.74, 6) is 0. The Labute approximate surface area is 334 Å². The Morgan fingerprint density at radius 2 is 0.615 bits per heavy atom. The molecule has 0 saturated carbocycles. The zero-order valence-corrected chi connectivity index (χ0v) is 35.2. The number of hydrogen-bond donors (Lipinski definition) is 1. The van der Waals surface area contributed by atoms with Crippen LogP contribution < -0.4 is 35.1 Å². The van der Waals surface area contributed by atoms with E-state index in [9.17, 15) is 0 Å². The summed E-state index contributed by atoms with van der Waals surface area (Å²) in [6.45, 7) is 2.09. The minimum Gasteiger partial charge on any atom is -0.312 e. The van der Waals surface area contributed by atoms with E-state index >= 15 is 13.7 Å². The van der Waals surface area contributed by atoms with E-state index < -0.39 is 26.6 Å². The fraction of sp³-hybridized carbons (Fsp3) is 0.0476. The van der Waals surface area contributed by atoms with Gasteiger partial charge in [-0.2, -0.15) is 0 Å². The van der Waals surface area contributed by atoms with Crippen molar-refractivity contribution >= 4 is 81.3 Å². The van der Waals surface area contributed by atoms with Crippen molar-refractivity contribution in [3.05, 3.63) is 200 Å². The maximum atomic E-state index is 16.6. The second-order valence-corrected chi connectivity index (χ2v) is 23.0. The van der Waals surface area contributed by atoms with Crippen molar-refractivity contribution in [2.75, 3.05) is 0 Å². The van der Waals surface area contributed by atoms with Crippen molar-refractivity contribution in [3.8, 4) is 0 Å². The average Bonchev–Trinajstić information content (AvgIpc) is 3.58. The maximum Gasteiger partial charge on any atom is 0.161 e. The van der Waals surface area contributed by atoms with Crippen molar-refractivity contribution in [1.82, 2.24) is 4.98 Å². The van der Waals surface area contributed by atoms with Crippen LogP contribution in [0.25, 0.3) is 0 Å². The number of rotatable bonds is 9. The molecule has 1 aromatic heterocycles. The predicted octanol–water partition coefficient (Wildman–Crippen LogP) is 8.65. The number of aryl methyl sites for hydroxylation is 1. The van der Waals surface area contributed by atoms with Crippen LogP contribution in [0.4, 0.5) is 0 Å². The van der Waals surface area contributed by atoms with Gasteiger partial charge in [0, 0.05) is 31.8 Å². The molecule has 0 aliphatic heterocycles. The van der Waals surface area contributed by atoms with E-state index in [0.717, 1.165) is 0 Å². The number of aromatic nitrogens is 1. The van der Waals surface area contributed by atoms with Crippen LogP contribution in [0.1, 0.15) is 5.69 Å². The summed E-state index contributed by atoms with van der Waals surface area (Å²) in [4.78, 5) is 3.09. The molecule has 1 N–H and O–H groups in total. The third-order valence-corrected chi connectivity index (χ3v) is 24.3. The van der Waals surface area contributed by atoms with Gasteiger partial charge in [-0.1, -0.05) is 182 Å². The summed E-state index contributed by atoms with van der Waals surface area (Å²) in [7, 11) is -11.9. The van der Waals surface area contributed by atoms with Crippen LogP contribution in [0, 0.1) is 6.92 Å². The van der Waals surface area contributed by atoms with Crippen LogP contribution in [-0.4, -0.2) is 10.1 Å². The van der Waals surface area contributed by atoms with Crippen molar-refractivity contribution < 1.29 is 38.4 Å². The van der Waals surface area contributed by atoms with Crippen LogP contribution in [0.2, 0.25) is 0 Å². The molecular formula is C42H39Cl2NO3P3Zr. The molecule has 0 amide bonds. The van der Waals surface area contributed by atoms with Gasteiger partial charge in [0.15, 0.2) is 21.4 Å².